The first-order chi connectivity index (χ1) is 8.31. The normalized spacial score (nSPS) is 16.1. The SMILES string of the molecule is CCCOc1ncnc(NC2CCCC2)c1N. The molecule has 0 aromatic carbocycles. The van der Waals surface area contributed by atoms with Gasteiger partial charge in [0.15, 0.2) is 5.82 Å². The van der Waals surface area contributed by atoms with E-state index in [9.17, 15) is 0 Å². The molecule has 5 nitrogen and oxygen atoms in total. The summed E-state index contributed by atoms with van der Waals surface area (Å²) in [6.07, 6.45) is 7.38. The monoisotopic (exact) mass is 236 g/mol. The summed E-state index contributed by atoms with van der Waals surface area (Å²) in [6, 6.07) is 0.492. The summed E-state index contributed by atoms with van der Waals surface area (Å²) in [5, 5.41) is 3.37. The van der Waals surface area contributed by atoms with Gasteiger partial charge in [-0.1, -0.05) is 19.8 Å². The fourth-order valence-electron chi connectivity index (χ4n) is 2.07. The fraction of sp³-hybridized carbons (Fsp3) is 0.667. The maximum Gasteiger partial charge on any atom is 0.242 e. The van der Waals surface area contributed by atoms with Crippen LogP contribution < -0.4 is 15.8 Å². The molecular weight excluding hydrogens is 216 g/mol. The van der Waals surface area contributed by atoms with E-state index < -0.39 is 0 Å². The van der Waals surface area contributed by atoms with E-state index in [4.69, 9.17) is 10.5 Å². The molecule has 1 aromatic heterocycles. The van der Waals surface area contributed by atoms with Crippen molar-refractivity contribution in [2.45, 2.75) is 45.1 Å². The van der Waals surface area contributed by atoms with Gasteiger partial charge in [0.1, 0.15) is 12.0 Å². The Morgan fingerprint density at radius 3 is 2.88 bits per heavy atom. The number of hydrogen-bond acceptors (Lipinski definition) is 5. The lowest BCUT2D eigenvalue weighted by Gasteiger charge is -2.15. The number of nitrogens with one attached hydrogen (secondary N) is 1. The minimum Gasteiger partial charge on any atom is -0.476 e. The molecule has 0 aliphatic heterocycles. The molecule has 17 heavy (non-hydrogen) atoms. The zero-order valence-corrected chi connectivity index (χ0v) is 10.3. The summed E-state index contributed by atoms with van der Waals surface area (Å²) in [6.45, 7) is 2.68. The van der Waals surface area contributed by atoms with E-state index in [2.05, 4.69) is 22.2 Å². The molecule has 0 amide bonds. The maximum atomic E-state index is 5.99. The quantitative estimate of drug-likeness (QED) is 0.820. The first-order valence-electron chi connectivity index (χ1n) is 6.31. The minimum absolute atomic E-state index is 0.488. The highest BCUT2D eigenvalue weighted by Crippen LogP contribution is 2.28. The molecule has 1 saturated carbocycles. The van der Waals surface area contributed by atoms with Crippen LogP contribution in [-0.4, -0.2) is 22.6 Å². The van der Waals surface area contributed by atoms with Gasteiger partial charge in [-0.2, -0.15) is 4.98 Å². The lowest BCUT2D eigenvalue weighted by atomic mass is 10.2. The van der Waals surface area contributed by atoms with Gasteiger partial charge in [0.2, 0.25) is 5.88 Å². The molecule has 0 bridgehead atoms. The minimum atomic E-state index is 0.488. The van der Waals surface area contributed by atoms with E-state index in [1.807, 2.05) is 0 Å². The third kappa shape index (κ3) is 2.99. The number of aromatic nitrogens is 2. The predicted octanol–water partition coefficient (Wildman–Crippen LogP) is 2.20. The number of ether oxygens (including phenoxy) is 1. The number of nitrogen functional groups attached to an aromatic ring is 1. The van der Waals surface area contributed by atoms with Crippen LogP contribution in [0.4, 0.5) is 11.5 Å². The van der Waals surface area contributed by atoms with Gasteiger partial charge in [-0.15, -0.1) is 0 Å². The lowest BCUT2D eigenvalue weighted by Crippen LogP contribution is -2.17. The Kier molecular flexibility index (Phi) is 4.01. The van der Waals surface area contributed by atoms with E-state index in [0.717, 1.165) is 6.42 Å². The Hall–Kier alpha value is -1.52. The number of nitrogens with two attached hydrogens (primary N) is 1. The molecule has 0 spiro atoms. The number of nitrogens with zero attached hydrogens (tertiary/aromatic N) is 2. The van der Waals surface area contributed by atoms with Crippen molar-refractivity contribution in [1.82, 2.24) is 9.97 Å². The number of rotatable bonds is 5. The Balaban J connectivity index is 2.05. The van der Waals surface area contributed by atoms with Crippen LogP contribution in [0.25, 0.3) is 0 Å². The molecular formula is C12H20N4O. The van der Waals surface area contributed by atoms with Crippen LogP contribution >= 0.6 is 0 Å². The molecule has 2 rings (SSSR count). The van der Waals surface area contributed by atoms with Gasteiger partial charge in [-0.3, -0.25) is 0 Å². The highest BCUT2D eigenvalue weighted by atomic mass is 16.5. The first kappa shape index (κ1) is 12.0. The number of hydrogen-bond donors (Lipinski definition) is 2. The summed E-state index contributed by atoms with van der Waals surface area (Å²) in [5.74, 6) is 1.19. The molecule has 1 aromatic rings. The molecule has 94 valence electrons. The third-order valence-corrected chi connectivity index (χ3v) is 2.99. The molecule has 1 aliphatic rings. The van der Waals surface area contributed by atoms with Gasteiger partial charge < -0.3 is 15.8 Å². The lowest BCUT2D eigenvalue weighted by molar-refractivity contribution is 0.306. The molecule has 5 heteroatoms. The van der Waals surface area contributed by atoms with Crippen LogP contribution in [0.3, 0.4) is 0 Å². The molecule has 1 aliphatic carbocycles. The summed E-state index contributed by atoms with van der Waals surface area (Å²) in [4.78, 5) is 8.24. The van der Waals surface area contributed by atoms with E-state index >= 15 is 0 Å². The van der Waals surface area contributed by atoms with Gasteiger partial charge in [-0.05, 0) is 19.3 Å². The molecule has 1 fully saturated rings. The van der Waals surface area contributed by atoms with Crippen LogP contribution in [0.1, 0.15) is 39.0 Å². The van der Waals surface area contributed by atoms with E-state index in [-0.39, 0.29) is 0 Å². The Bertz CT molecular complexity index is 364. The zero-order valence-electron chi connectivity index (χ0n) is 10.3. The summed E-state index contributed by atoms with van der Waals surface area (Å²) >= 11 is 0. The van der Waals surface area contributed by atoms with Crippen molar-refractivity contribution in [2.75, 3.05) is 17.7 Å². The maximum absolute atomic E-state index is 5.99. The smallest absolute Gasteiger partial charge is 0.242 e. The first-order valence-corrected chi connectivity index (χ1v) is 6.31. The van der Waals surface area contributed by atoms with E-state index in [1.165, 1.54) is 32.0 Å². The van der Waals surface area contributed by atoms with Crippen molar-refractivity contribution < 1.29 is 4.74 Å². The van der Waals surface area contributed by atoms with Crippen molar-refractivity contribution in [3.05, 3.63) is 6.33 Å². The van der Waals surface area contributed by atoms with E-state index in [0.29, 0.717) is 30.0 Å². The summed E-state index contributed by atoms with van der Waals surface area (Å²) < 4.78 is 5.47. The topological polar surface area (TPSA) is 73.1 Å². The largest absolute Gasteiger partial charge is 0.476 e. The van der Waals surface area contributed by atoms with Crippen molar-refractivity contribution in [2.24, 2.45) is 0 Å². The van der Waals surface area contributed by atoms with Crippen molar-refractivity contribution in [1.29, 1.82) is 0 Å². The highest BCUT2D eigenvalue weighted by Gasteiger charge is 2.17. The van der Waals surface area contributed by atoms with Crippen LogP contribution in [0.5, 0.6) is 5.88 Å². The average Bonchev–Trinajstić information content (AvgIpc) is 2.83. The molecule has 3 N–H and O–H groups in total. The van der Waals surface area contributed by atoms with Crippen molar-refractivity contribution >= 4 is 11.5 Å². The van der Waals surface area contributed by atoms with Crippen molar-refractivity contribution in [3.63, 3.8) is 0 Å². The fourth-order valence-corrected chi connectivity index (χ4v) is 2.07. The summed E-state index contributed by atoms with van der Waals surface area (Å²) in [7, 11) is 0. The van der Waals surface area contributed by atoms with Crippen molar-refractivity contribution in [3.8, 4) is 5.88 Å². The third-order valence-electron chi connectivity index (χ3n) is 2.99. The molecule has 0 radical (unpaired) electrons. The molecule has 0 unspecified atom stereocenters. The van der Waals surface area contributed by atoms with E-state index in [1.54, 1.807) is 0 Å². The highest BCUT2D eigenvalue weighted by molar-refractivity contribution is 5.66. The predicted molar refractivity (Wildman–Crippen MR) is 68.1 cm³/mol. The van der Waals surface area contributed by atoms with Crippen LogP contribution in [-0.2, 0) is 0 Å². The second kappa shape index (κ2) is 5.70. The van der Waals surface area contributed by atoms with Crippen LogP contribution in [0, 0.1) is 0 Å². The molecule has 0 saturated heterocycles. The van der Waals surface area contributed by atoms with Gasteiger partial charge in [-0.25, -0.2) is 4.98 Å². The number of anilines is 2. The van der Waals surface area contributed by atoms with Gasteiger partial charge in [0.25, 0.3) is 0 Å². The van der Waals surface area contributed by atoms with Gasteiger partial charge >= 0.3 is 0 Å². The van der Waals surface area contributed by atoms with Crippen LogP contribution in [0.2, 0.25) is 0 Å². The Morgan fingerprint density at radius 1 is 1.41 bits per heavy atom. The summed E-state index contributed by atoms with van der Waals surface area (Å²) in [5.41, 5.74) is 6.51. The van der Waals surface area contributed by atoms with Crippen LogP contribution in [0.15, 0.2) is 6.33 Å². The van der Waals surface area contributed by atoms with Gasteiger partial charge in [0, 0.05) is 6.04 Å². The Morgan fingerprint density at radius 2 is 2.18 bits per heavy atom. The second-order valence-corrected chi connectivity index (χ2v) is 4.42. The standard InChI is InChI=1S/C12H20N4O/c1-2-7-17-12-10(13)11(14-8-15-12)16-9-5-3-4-6-9/h8-9H,2-7,13H2,1H3,(H,14,15,16). The van der Waals surface area contributed by atoms with Gasteiger partial charge in [0.05, 0.1) is 6.61 Å². The average molecular weight is 236 g/mol. The molecule has 0 atom stereocenters. The molecule has 1 heterocycles. The Labute approximate surface area is 102 Å². The zero-order chi connectivity index (χ0) is 12.1. The second-order valence-electron chi connectivity index (χ2n) is 4.42.